The van der Waals surface area contributed by atoms with Crippen molar-refractivity contribution < 1.29 is 19.9 Å². The number of amides is 1. The molecule has 0 bridgehead atoms. The van der Waals surface area contributed by atoms with E-state index in [4.69, 9.17) is 5.21 Å². The molecule has 1 aliphatic carbocycles. The number of aliphatic hydroxyl groups is 1. The summed E-state index contributed by atoms with van der Waals surface area (Å²) in [4.78, 5) is 21.5. The minimum atomic E-state index is -1.13. The highest BCUT2D eigenvalue weighted by Crippen LogP contribution is 2.21. The molecule has 16 heavy (non-hydrogen) atoms. The molecule has 1 amide bonds. The largest absolute Gasteiger partial charge is 0.382 e. The Bertz CT molecular complexity index is 370. The molecule has 5 heteroatoms. The standard InChI is InChI=1S/C11H13NO4/c13-9-4-7-11(15,8-5-9)6-2-1-3-10(14)12-16/h1-4,6-7,15-16H,5,8H2,(H,12,14)/b3-1+,6-2+. The number of nitrogens with one attached hydrogen (secondary N) is 1. The first-order valence-corrected chi connectivity index (χ1v) is 4.80. The number of hydrogen-bond donors (Lipinski definition) is 3. The second kappa shape index (κ2) is 5.39. The van der Waals surface area contributed by atoms with Gasteiger partial charge in [0.25, 0.3) is 5.91 Å². The van der Waals surface area contributed by atoms with Gasteiger partial charge in [0.05, 0.1) is 0 Å². The van der Waals surface area contributed by atoms with Gasteiger partial charge < -0.3 is 5.11 Å². The SMILES string of the molecule is O=C1C=CC(O)(/C=C/C=C/C(=O)NO)CC1. The summed E-state index contributed by atoms with van der Waals surface area (Å²) in [6.45, 7) is 0. The average molecular weight is 223 g/mol. The lowest BCUT2D eigenvalue weighted by Gasteiger charge is -2.22. The van der Waals surface area contributed by atoms with Crippen molar-refractivity contribution in [1.29, 1.82) is 0 Å². The lowest BCUT2D eigenvalue weighted by Crippen LogP contribution is -2.27. The summed E-state index contributed by atoms with van der Waals surface area (Å²) < 4.78 is 0. The van der Waals surface area contributed by atoms with Crippen molar-refractivity contribution in [1.82, 2.24) is 5.48 Å². The molecule has 0 aliphatic heterocycles. The first-order chi connectivity index (χ1) is 7.56. The fourth-order valence-electron chi connectivity index (χ4n) is 1.27. The van der Waals surface area contributed by atoms with E-state index in [-0.39, 0.29) is 5.78 Å². The first-order valence-electron chi connectivity index (χ1n) is 4.80. The van der Waals surface area contributed by atoms with Gasteiger partial charge in [-0.05, 0) is 24.6 Å². The third kappa shape index (κ3) is 3.80. The Morgan fingerprint density at radius 1 is 1.50 bits per heavy atom. The third-order valence-electron chi connectivity index (χ3n) is 2.18. The topological polar surface area (TPSA) is 86.6 Å². The number of rotatable bonds is 3. The first kappa shape index (κ1) is 12.4. The van der Waals surface area contributed by atoms with Crippen molar-refractivity contribution in [3.05, 3.63) is 36.5 Å². The highest BCUT2D eigenvalue weighted by Gasteiger charge is 2.24. The molecule has 0 saturated heterocycles. The van der Waals surface area contributed by atoms with Crippen LogP contribution in [-0.4, -0.2) is 27.6 Å². The Morgan fingerprint density at radius 3 is 2.81 bits per heavy atom. The normalized spacial score (nSPS) is 25.5. The molecule has 0 aromatic rings. The number of carbonyl (C=O) groups is 2. The van der Waals surface area contributed by atoms with Crippen LogP contribution in [0.5, 0.6) is 0 Å². The van der Waals surface area contributed by atoms with E-state index in [1.165, 1.54) is 35.9 Å². The molecule has 3 N–H and O–H groups in total. The number of allylic oxidation sites excluding steroid dienone is 3. The average Bonchev–Trinajstić information content (AvgIpc) is 2.29. The molecule has 0 heterocycles. The minimum Gasteiger partial charge on any atom is -0.382 e. The lowest BCUT2D eigenvalue weighted by molar-refractivity contribution is -0.124. The smallest absolute Gasteiger partial charge is 0.267 e. The van der Waals surface area contributed by atoms with E-state index >= 15 is 0 Å². The molecular formula is C11H13NO4. The van der Waals surface area contributed by atoms with Gasteiger partial charge in [0.1, 0.15) is 5.60 Å². The number of carbonyl (C=O) groups excluding carboxylic acids is 2. The molecule has 0 spiro atoms. The van der Waals surface area contributed by atoms with Crippen LogP contribution >= 0.6 is 0 Å². The molecule has 1 atom stereocenters. The molecule has 5 nitrogen and oxygen atoms in total. The molecule has 1 unspecified atom stereocenters. The highest BCUT2D eigenvalue weighted by molar-refractivity contribution is 5.91. The summed E-state index contributed by atoms with van der Waals surface area (Å²) in [6, 6.07) is 0. The van der Waals surface area contributed by atoms with E-state index in [1.54, 1.807) is 0 Å². The van der Waals surface area contributed by atoms with E-state index in [1.807, 2.05) is 0 Å². The quantitative estimate of drug-likeness (QED) is 0.277. The Balaban J connectivity index is 2.56. The van der Waals surface area contributed by atoms with Crippen LogP contribution in [-0.2, 0) is 9.59 Å². The molecular weight excluding hydrogens is 210 g/mol. The van der Waals surface area contributed by atoms with Gasteiger partial charge in [0, 0.05) is 12.5 Å². The van der Waals surface area contributed by atoms with Crippen LogP contribution in [0.2, 0.25) is 0 Å². The van der Waals surface area contributed by atoms with Gasteiger partial charge >= 0.3 is 0 Å². The van der Waals surface area contributed by atoms with Crippen LogP contribution in [0, 0.1) is 0 Å². The predicted octanol–water partition coefficient (Wildman–Crippen LogP) is 0.254. The molecule has 0 aromatic heterocycles. The zero-order valence-electron chi connectivity index (χ0n) is 8.59. The molecule has 1 aliphatic rings. The van der Waals surface area contributed by atoms with E-state index in [9.17, 15) is 14.7 Å². The fraction of sp³-hybridized carbons (Fsp3) is 0.273. The monoisotopic (exact) mass is 223 g/mol. The van der Waals surface area contributed by atoms with Gasteiger partial charge in [-0.25, -0.2) is 5.48 Å². The Labute approximate surface area is 92.7 Å². The second-order valence-electron chi connectivity index (χ2n) is 3.49. The molecule has 0 aromatic carbocycles. The van der Waals surface area contributed by atoms with Crippen LogP contribution in [0.3, 0.4) is 0 Å². The van der Waals surface area contributed by atoms with Gasteiger partial charge in [-0.2, -0.15) is 0 Å². The van der Waals surface area contributed by atoms with Crippen LogP contribution < -0.4 is 5.48 Å². The van der Waals surface area contributed by atoms with Crippen LogP contribution in [0.25, 0.3) is 0 Å². The molecule has 0 saturated carbocycles. The summed E-state index contributed by atoms with van der Waals surface area (Å²) in [6.07, 6.45) is 8.86. The molecule has 86 valence electrons. The fourth-order valence-corrected chi connectivity index (χ4v) is 1.27. The van der Waals surface area contributed by atoms with Crippen LogP contribution in [0.15, 0.2) is 36.5 Å². The summed E-state index contributed by atoms with van der Waals surface area (Å²) in [5.41, 5.74) is 0.307. The zero-order valence-corrected chi connectivity index (χ0v) is 8.59. The van der Waals surface area contributed by atoms with Crippen molar-refractivity contribution in [2.75, 3.05) is 0 Å². The minimum absolute atomic E-state index is 0.00623. The number of ketones is 1. The van der Waals surface area contributed by atoms with Crippen molar-refractivity contribution in [2.45, 2.75) is 18.4 Å². The Morgan fingerprint density at radius 2 is 2.25 bits per heavy atom. The van der Waals surface area contributed by atoms with Crippen LogP contribution in [0.1, 0.15) is 12.8 Å². The molecule has 0 radical (unpaired) electrons. The van der Waals surface area contributed by atoms with E-state index < -0.39 is 11.5 Å². The summed E-state index contributed by atoms with van der Waals surface area (Å²) in [7, 11) is 0. The van der Waals surface area contributed by atoms with Crippen molar-refractivity contribution >= 4 is 11.7 Å². The van der Waals surface area contributed by atoms with Gasteiger partial charge in [0.15, 0.2) is 5.78 Å². The maximum atomic E-state index is 10.9. The van der Waals surface area contributed by atoms with Gasteiger partial charge in [-0.1, -0.05) is 12.2 Å². The van der Waals surface area contributed by atoms with E-state index in [2.05, 4.69) is 0 Å². The number of hydroxylamine groups is 1. The van der Waals surface area contributed by atoms with Gasteiger partial charge in [-0.3, -0.25) is 14.8 Å². The van der Waals surface area contributed by atoms with Crippen molar-refractivity contribution in [2.24, 2.45) is 0 Å². The predicted molar refractivity (Wildman–Crippen MR) is 56.5 cm³/mol. The maximum Gasteiger partial charge on any atom is 0.267 e. The summed E-state index contributed by atoms with van der Waals surface area (Å²) >= 11 is 0. The van der Waals surface area contributed by atoms with Gasteiger partial charge in [-0.15, -0.1) is 0 Å². The number of hydrogen-bond acceptors (Lipinski definition) is 4. The van der Waals surface area contributed by atoms with E-state index in [0.29, 0.717) is 12.8 Å². The molecule has 0 fully saturated rings. The summed E-state index contributed by atoms with van der Waals surface area (Å²) in [5.74, 6) is -0.653. The Kier molecular flexibility index (Phi) is 4.16. The Hall–Kier alpha value is -1.72. The highest BCUT2D eigenvalue weighted by atomic mass is 16.5. The van der Waals surface area contributed by atoms with Crippen LogP contribution in [0.4, 0.5) is 0 Å². The van der Waals surface area contributed by atoms with Crippen molar-refractivity contribution in [3.8, 4) is 0 Å². The zero-order chi connectivity index (χ0) is 12.0. The van der Waals surface area contributed by atoms with Crippen molar-refractivity contribution in [3.63, 3.8) is 0 Å². The van der Waals surface area contributed by atoms with Gasteiger partial charge in [0.2, 0.25) is 0 Å². The van der Waals surface area contributed by atoms with E-state index in [0.717, 1.165) is 6.08 Å². The summed E-state index contributed by atoms with van der Waals surface area (Å²) in [5, 5.41) is 18.1. The third-order valence-corrected chi connectivity index (χ3v) is 2.18. The molecule has 1 rings (SSSR count). The maximum absolute atomic E-state index is 10.9. The second-order valence-corrected chi connectivity index (χ2v) is 3.49. The lowest BCUT2D eigenvalue weighted by atomic mass is 9.90.